The van der Waals surface area contributed by atoms with Gasteiger partial charge in [0.1, 0.15) is 11.5 Å². The molecule has 0 fully saturated rings. The number of hydrogen-bond acceptors (Lipinski definition) is 4. The summed E-state index contributed by atoms with van der Waals surface area (Å²) in [7, 11) is 3.06. The maximum absolute atomic E-state index is 13.7. The maximum atomic E-state index is 13.7. The zero-order valence-electron chi connectivity index (χ0n) is 18.9. The zero-order valence-corrected chi connectivity index (χ0v) is 18.9. The number of benzene rings is 2. The molecule has 0 atom stereocenters. The molecule has 1 amide bonds. The first-order chi connectivity index (χ1) is 15.6. The molecule has 6 nitrogen and oxygen atoms in total. The minimum absolute atomic E-state index is 0.0100. The predicted molar refractivity (Wildman–Crippen MR) is 118 cm³/mol. The monoisotopic (exact) mass is 461 g/mol. The molecule has 0 radical (unpaired) electrons. The van der Waals surface area contributed by atoms with Crippen LogP contribution in [-0.4, -0.2) is 29.9 Å². The second kappa shape index (κ2) is 9.97. The number of methoxy groups -OCH3 is 2. The van der Waals surface area contributed by atoms with Crippen LogP contribution in [0.2, 0.25) is 0 Å². The molecule has 0 saturated carbocycles. The Bertz CT molecular complexity index is 1120. The lowest BCUT2D eigenvalue weighted by Crippen LogP contribution is -2.25. The second-order valence-corrected chi connectivity index (χ2v) is 7.68. The minimum Gasteiger partial charge on any atom is -0.497 e. The Morgan fingerprint density at radius 1 is 1.03 bits per heavy atom. The van der Waals surface area contributed by atoms with Crippen LogP contribution in [0.3, 0.4) is 0 Å². The highest BCUT2D eigenvalue weighted by Gasteiger charge is 2.34. The SMILES string of the molecule is COc1cc(CCC(=O)NCc2ccc(-n3nc(C)cc3C)cc2C(F)(F)F)cc(OC)c1. The summed E-state index contributed by atoms with van der Waals surface area (Å²) in [6.07, 6.45) is -4.06. The van der Waals surface area contributed by atoms with Crippen molar-refractivity contribution in [3.05, 3.63) is 70.5 Å². The van der Waals surface area contributed by atoms with Crippen LogP contribution in [0.4, 0.5) is 13.2 Å². The molecule has 1 aromatic heterocycles. The van der Waals surface area contributed by atoms with E-state index in [0.717, 1.165) is 17.3 Å². The fourth-order valence-corrected chi connectivity index (χ4v) is 3.56. The number of nitrogens with one attached hydrogen (secondary N) is 1. The maximum Gasteiger partial charge on any atom is 0.416 e. The molecule has 176 valence electrons. The van der Waals surface area contributed by atoms with Crippen molar-refractivity contribution in [2.45, 2.75) is 39.4 Å². The zero-order chi connectivity index (χ0) is 24.2. The van der Waals surface area contributed by atoms with Gasteiger partial charge in [0.05, 0.1) is 31.2 Å². The van der Waals surface area contributed by atoms with Crippen molar-refractivity contribution in [3.63, 3.8) is 0 Å². The summed E-state index contributed by atoms with van der Waals surface area (Å²) in [6.45, 7) is 3.32. The predicted octanol–water partition coefficient (Wildman–Crippen LogP) is 4.77. The molecule has 0 aliphatic rings. The third-order valence-electron chi connectivity index (χ3n) is 5.18. The Kier molecular flexibility index (Phi) is 7.30. The van der Waals surface area contributed by atoms with E-state index >= 15 is 0 Å². The minimum atomic E-state index is -4.57. The van der Waals surface area contributed by atoms with Gasteiger partial charge in [0.15, 0.2) is 0 Å². The van der Waals surface area contributed by atoms with Gasteiger partial charge in [-0.2, -0.15) is 18.3 Å². The van der Waals surface area contributed by atoms with Gasteiger partial charge >= 0.3 is 6.18 Å². The molecular weight excluding hydrogens is 435 g/mol. The van der Waals surface area contributed by atoms with Crippen LogP contribution >= 0.6 is 0 Å². The normalized spacial score (nSPS) is 11.4. The van der Waals surface area contributed by atoms with Crippen molar-refractivity contribution < 1.29 is 27.4 Å². The summed E-state index contributed by atoms with van der Waals surface area (Å²) in [5.41, 5.74) is 1.78. The van der Waals surface area contributed by atoms with Gasteiger partial charge in [-0.15, -0.1) is 0 Å². The number of carbonyl (C=O) groups is 1. The molecule has 33 heavy (non-hydrogen) atoms. The van der Waals surface area contributed by atoms with E-state index in [4.69, 9.17) is 9.47 Å². The van der Waals surface area contributed by atoms with Gasteiger partial charge in [-0.05, 0) is 61.7 Å². The molecule has 2 aromatic carbocycles. The van der Waals surface area contributed by atoms with E-state index in [1.807, 2.05) is 0 Å². The van der Waals surface area contributed by atoms with Crippen molar-refractivity contribution in [3.8, 4) is 17.2 Å². The lowest BCUT2D eigenvalue weighted by atomic mass is 10.1. The highest BCUT2D eigenvalue weighted by molar-refractivity contribution is 5.76. The fourth-order valence-electron chi connectivity index (χ4n) is 3.56. The number of rotatable bonds is 8. The van der Waals surface area contributed by atoms with Crippen molar-refractivity contribution in [2.75, 3.05) is 14.2 Å². The number of halogens is 3. The van der Waals surface area contributed by atoms with E-state index in [9.17, 15) is 18.0 Å². The Balaban J connectivity index is 1.70. The van der Waals surface area contributed by atoms with E-state index in [0.29, 0.717) is 29.3 Å². The topological polar surface area (TPSA) is 65.4 Å². The first-order valence-corrected chi connectivity index (χ1v) is 10.3. The molecule has 1 heterocycles. The Labute approximate surface area is 190 Å². The van der Waals surface area contributed by atoms with Gasteiger partial charge in [-0.1, -0.05) is 6.07 Å². The lowest BCUT2D eigenvalue weighted by Gasteiger charge is -2.16. The Hall–Kier alpha value is -3.49. The number of hydrogen-bond donors (Lipinski definition) is 1. The smallest absolute Gasteiger partial charge is 0.416 e. The molecule has 0 aliphatic carbocycles. The first-order valence-electron chi connectivity index (χ1n) is 10.3. The number of carbonyl (C=O) groups excluding carboxylic acids is 1. The van der Waals surface area contributed by atoms with Crippen LogP contribution in [-0.2, 0) is 23.9 Å². The van der Waals surface area contributed by atoms with Crippen LogP contribution in [0.5, 0.6) is 11.5 Å². The lowest BCUT2D eigenvalue weighted by molar-refractivity contribution is -0.138. The average molecular weight is 461 g/mol. The number of alkyl halides is 3. The number of amides is 1. The second-order valence-electron chi connectivity index (χ2n) is 7.68. The number of aromatic nitrogens is 2. The molecule has 9 heteroatoms. The first kappa shape index (κ1) is 24.2. The summed E-state index contributed by atoms with van der Waals surface area (Å²) in [4.78, 5) is 12.3. The van der Waals surface area contributed by atoms with Gasteiger partial charge in [0, 0.05) is 24.7 Å². The summed E-state index contributed by atoms with van der Waals surface area (Å²) in [5, 5.41) is 6.84. The molecule has 0 spiro atoms. The van der Waals surface area contributed by atoms with Gasteiger partial charge in [0.2, 0.25) is 5.91 Å². The van der Waals surface area contributed by atoms with Crippen molar-refractivity contribution in [1.29, 1.82) is 0 Å². The van der Waals surface area contributed by atoms with Crippen LogP contribution in [0.15, 0.2) is 42.5 Å². The summed E-state index contributed by atoms with van der Waals surface area (Å²) >= 11 is 0. The number of ether oxygens (including phenoxy) is 2. The van der Waals surface area contributed by atoms with Gasteiger partial charge in [-0.3, -0.25) is 4.79 Å². The van der Waals surface area contributed by atoms with E-state index in [1.165, 1.54) is 25.0 Å². The molecule has 1 N–H and O–H groups in total. The molecule has 0 aliphatic heterocycles. The third-order valence-corrected chi connectivity index (χ3v) is 5.18. The fraction of sp³-hybridized carbons (Fsp3) is 0.333. The largest absolute Gasteiger partial charge is 0.497 e. The average Bonchev–Trinajstić information content (AvgIpc) is 3.12. The molecule has 0 unspecified atom stereocenters. The van der Waals surface area contributed by atoms with Crippen LogP contribution in [0, 0.1) is 13.8 Å². The summed E-state index contributed by atoms with van der Waals surface area (Å²) < 4.78 is 53.1. The van der Waals surface area contributed by atoms with Crippen molar-refractivity contribution >= 4 is 5.91 Å². The molecule has 3 aromatic rings. The van der Waals surface area contributed by atoms with E-state index in [2.05, 4.69) is 10.4 Å². The summed E-state index contributed by atoms with van der Waals surface area (Å²) in [6, 6.07) is 11.1. The molecule has 0 bridgehead atoms. The van der Waals surface area contributed by atoms with E-state index < -0.39 is 11.7 Å². The number of aryl methyl sites for hydroxylation is 3. The quantitative estimate of drug-likeness (QED) is 0.525. The number of nitrogens with zero attached hydrogens (tertiary/aromatic N) is 2. The Morgan fingerprint density at radius 2 is 1.70 bits per heavy atom. The van der Waals surface area contributed by atoms with E-state index in [-0.39, 0.29) is 24.4 Å². The van der Waals surface area contributed by atoms with Gasteiger partial charge in [0.25, 0.3) is 0 Å². The van der Waals surface area contributed by atoms with Crippen LogP contribution in [0.1, 0.15) is 34.5 Å². The Morgan fingerprint density at radius 3 is 2.24 bits per heavy atom. The molecule has 3 rings (SSSR count). The van der Waals surface area contributed by atoms with Crippen molar-refractivity contribution in [1.82, 2.24) is 15.1 Å². The van der Waals surface area contributed by atoms with Crippen LogP contribution < -0.4 is 14.8 Å². The summed E-state index contributed by atoms with van der Waals surface area (Å²) in [5.74, 6) is 0.845. The molecular formula is C24H26F3N3O3. The highest BCUT2D eigenvalue weighted by atomic mass is 19.4. The third kappa shape index (κ3) is 6.06. The molecule has 0 saturated heterocycles. The standard InChI is InChI=1S/C24H26F3N3O3/c1-15-9-16(2)30(29-15)19-7-6-18(22(12-19)24(25,26)27)14-28-23(31)8-5-17-10-20(32-3)13-21(11-17)33-4/h6-7,9-13H,5,8,14H2,1-4H3,(H,28,31). The van der Waals surface area contributed by atoms with Crippen LogP contribution in [0.25, 0.3) is 5.69 Å². The van der Waals surface area contributed by atoms with Crippen molar-refractivity contribution in [2.24, 2.45) is 0 Å². The highest BCUT2D eigenvalue weighted by Crippen LogP contribution is 2.33. The van der Waals surface area contributed by atoms with Gasteiger partial charge in [-0.25, -0.2) is 4.68 Å². The van der Waals surface area contributed by atoms with Gasteiger partial charge < -0.3 is 14.8 Å². The van der Waals surface area contributed by atoms with E-state index in [1.54, 1.807) is 44.2 Å².